The Morgan fingerprint density at radius 3 is 2.22 bits per heavy atom. The number of thioether (sulfide) groups is 1. The van der Waals surface area contributed by atoms with Crippen LogP contribution in [-0.2, 0) is 18.9 Å². The fourth-order valence-corrected chi connectivity index (χ4v) is 4.85. The normalized spacial score (nSPS) is 15.2. The van der Waals surface area contributed by atoms with Gasteiger partial charge in [0.2, 0.25) is 0 Å². The van der Waals surface area contributed by atoms with E-state index in [1.807, 2.05) is 31.1 Å². The number of hydrogen-bond donors (Lipinski definition) is 0. The van der Waals surface area contributed by atoms with Crippen molar-refractivity contribution in [3.63, 3.8) is 0 Å². The van der Waals surface area contributed by atoms with Gasteiger partial charge >= 0.3 is 5.69 Å². The first-order valence-corrected chi connectivity index (χ1v) is 10.7. The van der Waals surface area contributed by atoms with Crippen molar-refractivity contribution in [2.45, 2.75) is 0 Å². The van der Waals surface area contributed by atoms with Gasteiger partial charge in [-0.25, -0.2) is 4.79 Å². The molecule has 1 aliphatic heterocycles. The Morgan fingerprint density at radius 2 is 1.66 bits per heavy atom. The molecular weight excluding hydrogens is 450 g/mol. The Balaban J connectivity index is 1.78. The van der Waals surface area contributed by atoms with Crippen molar-refractivity contribution in [3.8, 4) is 0 Å². The third-order valence-corrected chi connectivity index (χ3v) is 6.62. The van der Waals surface area contributed by atoms with E-state index in [9.17, 15) is 19.7 Å². The highest BCUT2D eigenvalue weighted by Gasteiger charge is 2.34. The Bertz CT molecular complexity index is 1390. The van der Waals surface area contributed by atoms with Crippen LogP contribution < -0.4 is 15.5 Å². The number of rotatable bonds is 4. The summed E-state index contributed by atoms with van der Waals surface area (Å²) in [6.45, 7) is 0. The van der Waals surface area contributed by atoms with Gasteiger partial charge in [-0.1, -0.05) is 24.0 Å². The predicted octanol–water partition coefficient (Wildman–Crippen LogP) is 3.26. The lowest BCUT2D eigenvalue weighted by Gasteiger charge is -2.17. The highest BCUT2D eigenvalue weighted by molar-refractivity contribution is 8.27. The van der Waals surface area contributed by atoms with E-state index in [2.05, 4.69) is 0 Å². The number of aryl methyl sites for hydroxylation is 2. The summed E-state index contributed by atoms with van der Waals surface area (Å²) >= 11 is 6.50. The van der Waals surface area contributed by atoms with E-state index >= 15 is 0 Å². The number of carbonyl (C=O) groups excluding carboxylic acids is 1. The van der Waals surface area contributed by atoms with Crippen LogP contribution in [0.2, 0.25) is 0 Å². The molecule has 9 nitrogen and oxygen atoms in total. The van der Waals surface area contributed by atoms with E-state index in [0.717, 1.165) is 17.4 Å². The minimum Gasteiger partial charge on any atom is -0.378 e. The number of anilines is 2. The van der Waals surface area contributed by atoms with Crippen LogP contribution in [0.25, 0.3) is 17.1 Å². The number of amides is 1. The van der Waals surface area contributed by atoms with Crippen molar-refractivity contribution in [1.82, 2.24) is 9.13 Å². The lowest BCUT2D eigenvalue weighted by atomic mass is 10.1. The van der Waals surface area contributed by atoms with Crippen molar-refractivity contribution >= 4 is 68.4 Å². The van der Waals surface area contributed by atoms with Gasteiger partial charge in [0, 0.05) is 39.9 Å². The van der Waals surface area contributed by atoms with Crippen LogP contribution in [0.4, 0.5) is 17.1 Å². The van der Waals surface area contributed by atoms with Crippen molar-refractivity contribution in [2.24, 2.45) is 14.1 Å². The van der Waals surface area contributed by atoms with Crippen LogP contribution in [0.1, 0.15) is 5.56 Å². The third kappa shape index (κ3) is 3.49. The third-order valence-electron chi connectivity index (χ3n) is 5.32. The number of carbonyl (C=O) groups is 1. The molecule has 1 aliphatic rings. The molecule has 32 heavy (non-hydrogen) atoms. The average Bonchev–Trinajstić information content (AvgIpc) is 3.14. The van der Waals surface area contributed by atoms with Gasteiger partial charge < -0.3 is 4.90 Å². The first kappa shape index (κ1) is 21.8. The largest absolute Gasteiger partial charge is 0.378 e. The zero-order valence-corrected chi connectivity index (χ0v) is 19.4. The van der Waals surface area contributed by atoms with E-state index in [0.29, 0.717) is 21.0 Å². The second-order valence-electron chi connectivity index (χ2n) is 7.49. The minimum absolute atomic E-state index is 0.195. The van der Waals surface area contributed by atoms with Gasteiger partial charge in [0.15, 0.2) is 4.32 Å². The van der Waals surface area contributed by atoms with Gasteiger partial charge in [-0.3, -0.25) is 28.9 Å². The summed E-state index contributed by atoms with van der Waals surface area (Å²) in [7, 11) is 6.99. The molecule has 0 N–H and O–H groups in total. The van der Waals surface area contributed by atoms with Gasteiger partial charge in [0.1, 0.15) is 0 Å². The molecule has 1 fully saturated rings. The molecule has 0 saturated carbocycles. The van der Waals surface area contributed by atoms with Crippen molar-refractivity contribution in [3.05, 3.63) is 67.5 Å². The summed E-state index contributed by atoms with van der Waals surface area (Å²) < 4.78 is 3.10. The van der Waals surface area contributed by atoms with Crippen molar-refractivity contribution in [2.75, 3.05) is 23.9 Å². The lowest BCUT2D eigenvalue weighted by molar-refractivity contribution is -0.385. The molecule has 2 aromatic carbocycles. The molecule has 1 aromatic heterocycles. The summed E-state index contributed by atoms with van der Waals surface area (Å²) in [4.78, 5) is 40.2. The smallest absolute Gasteiger partial charge is 0.328 e. The number of hydrogen-bond acceptors (Lipinski definition) is 7. The fourth-order valence-electron chi connectivity index (χ4n) is 3.56. The molecule has 1 saturated heterocycles. The number of nitro groups is 1. The fraction of sp³-hybridized carbons (Fsp3) is 0.190. The molecule has 4 rings (SSSR count). The molecule has 1 amide bonds. The molecular formula is C21H19N5O4S2. The van der Waals surface area contributed by atoms with E-state index in [1.165, 1.54) is 26.2 Å². The van der Waals surface area contributed by atoms with E-state index in [4.69, 9.17) is 12.2 Å². The number of nitro benzene ring substituents is 1. The van der Waals surface area contributed by atoms with Gasteiger partial charge in [0.05, 0.1) is 32.1 Å². The van der Waals surface area contributed by atoms with Gasteiger partial charge in [-0.2, -0.15) is 0 Å². The minimum atomic E-state index is -0.524. The molecule has 0 unspecified atom stereocenters. The Morgan fingerprint density at radius 1 is 1.06 bits per heavy atom. The number of aromatic nitrogens is 2. The standard InChI is InChI=1S/C21H19N5O4S2/c1-22(2)13-5-7-14(8-6-13)25-19(27)18(32-21(25)31)10-12-9-16-17(11-15(12)26(29)30)24(4)20(28)23(16)3/h5-11H,1-4H3/b18-10-. The first-order valence-electron chi connectivity index (χ1n) is 9.49. The Labute approximate surface area is 192 Å². The van der Waals surface area contributed by atoms with E-state index in [-0.39, 0.29) is 27.8 Å². The van der Waals surface area contributed by atoms with Gasteiger partial charge in [-0.15, -0.1) is 0 Å². The lowest BCUT2D eigenvalue weighted by Crippen LogP contribution is -2.27. The van der Waals surface area contributed by atoms with Crippen LogP contribution in [0.3, 0.4) is 0 Å². The van der Waals surface area contributed by atoms with Crippen LogP contribution >= 0.6 is 24.0 Å². The van der Waals surface area contributed by atoms with Crippen molar-refractivity contribution < 1.29 is 9.72 Å². The zero-order chi connectivity index (χ0) is 23.3. The monoisotopic (exact) mass is 469 g/mol. The molecule has 11 heteroatoms. The van der Waals surface area contributed by atoms with Crippen LogP contribution in [0, 0.1) is 10.1 Å². The maximum Gasteiger partial charge on any atom is 0.328 e. The van der Waals surface area contributed by atoms with Crippen LogP contribution in [0.15, 0.2) is 46.1 Å². The highest BCUT2D eigenvalue weighted by atomic mass is 32.2. The van der Waals surface area contributed by atoms with Crippen molar-refractivity contribution in [1.29, 1.82) is 0 Å². The summed E-state index contributed by atoms with van der Waals surface area (Å²) in [5.41, 5.74) is 2.31. The number of thiocarbonyl (C=S) groups is 1. The topological polar surface area (TPSA) is 93.6 Å². The van der Waals surface area contributed by atoms with Crippen LogP contribution in [0.5, 0.6) is 0 Å². The molecule has 0 spiro atoms. The zero-order valence-electron chi connectivity index (χ0n) is 17.7. The quantitative estimate of drug-likeness (QED) is 0.251. The summed E-state index contributed by atoms with van der Waals surface area (Å²) in [5, 5.41) is 11.7. The number of fused-ring (bicyclic) bond motifs is 1. The molecule has 164 valence electrons. The average molecular weight is 470 g/mol. The number of benzene rings is 2. The predicted molar refractivity (Wildman–Crippen MR) is 131 cm³/mol. The first-order chi connectivity index (χ1) is 15.1. The molecule has 2 heterocycles. The SMILES string of the molecule is CN(C)c1ccc(N2C(=O)/C(=C/c3cc4c(cc3[N+](=O)[O-])n(C)c(=O)n4C)SC2=S)cc1. The second kappa shape index (κ2) is 7.92. The Hall–Kier alpha value is -3.44. The highest BCUT2D eigenvalue weighted by Crippen LogP contribution is 2.38. The molecule has 0 atom stereocenters. The van der Waals surface area contributed by atoms with E-state index < -0.39 is 4.92 Å². The second-order valence-corrected chi connectivity index (χ2v) is 9.16. The van der Waals surface area contributed by atoms with Gasteiger partial charge in [0.25, 0.3) is 11.6 Å². The van der Waals surface area contributed by atoms with E-state index in [1.54, 1.807) is 32.3 Å². The molecule has 0 bridgehead atoms. The molecule has 0 aliphatic carbocycles. The van der Waals surface area contributed by atoms with Crippen LogP contribution in [-0.4, -0.2) is 38.4 Å². The summed E-state index contributed by atoms with van der Waals surface area (Å²) in [6.07, 6.45) is 1.46. The number of imidazole rings is 1. The van der Waals surface area contributed by atoms with Gasteiger partial charge in [-0.05, 0) is 36.4 Å². The summed E-state index contributed by atoms with van der Waals surface area (Å²) in [6, 6.07) is 10.3. The summed E-state index contributed by atoms with van der Waals surface area (Å²) in [5.74, 6) is -0.353. The maximum atomic E-state index is 13.1. The molecule has 0 radical (unpaired) electrons. The maximum absolute atomic E-state index is 13.1. The molecule has 3 aromatic rings. The Kier molecular flexibility index (Phi) is 5.39. The number of nitrogens with zero attached hydrogens (tertiary/aromatic N) is 5.